The van der Waals surface area contributed by atoms with Gasteiger partial charge in [0.05, 0.1) is 23.2 Å². The highest BCUT2D eigenvalue weighted by molar-refractivity contribution is 7.14. The van der Waals surface area contributed by atoms with Crippen molar-refractivity contribution >= 4 is 28.8 Å². The number of benzene rings is 1. The quantitative estimate of drug-likeness (QED) is 0.767. The SMILES string of the molecule is COc1ccsc1-c1[nH]nc(N)c1-c1ccc(Cl)cc1. The van der Waals surface area contributed by atoms with Gasteiger partial charge in [0.15, 0.2) is 5.82 Å². The zero-order valence-electron chi connectivity index (χ0n) is 10.7. The number of nitrogen functional groups attached to an aromatic ring is 1. The number of hydrogen-bond acceptors (Lipinski definition) is 4. The van der Waals surface area contributed by atoms with Crippen LogP contribution in [0.25, 0.3) is 21.7 Å². The van der Waals surface area contributed by atoms with Crippen molar-refractivity contribution in [3.8, 4) is 27.4 Å². The van der Waals surface area contributed by atoms with Gasteiger partial charge in [-0.2, -0.15) is 5.10 Å². The van der Waals surface area contributed by atoms with Crippen LogP contribution in [0.3, 0.4) is 0 Å². The molecule has 4 nitrogen and oxygen atoms in total. The first kappa shape index (κ1) is 13.0. The molecule has 0 fully saturated rings. The average Bonchev–Trinajstić information content (AvgIpc) is 3.05. The van der Waals surface area contributed by atoms with Gasteiger partial charge in [-0.05, 0) is 29.1 Å². The number of ether oxygens (including phenoxy) is 1. The Hall–Kier alpha value is -1.98. The Morgan fingerprint density at radius 2 is 2.00 bits per heavy atom. The van der Waals surface area contributed by atoms with Gasteiger partial charge in [-0.25, -0.2) is 0 Å². The smallest absolute Gasteiger partial charge is 0.153 e. The van der Waals surface area contributed by atoms with E-state index in [-0.39, 0.29) is 0 Å². The number of anilines is 1. The Labute approximate surface area is 125 Å². The van der Waals surface area contributed by atoms with Crippen molar-refractivity contribution in [2.45, 2.75) is 0 Å². The topological polar surface area (TPSA) is 63.9 Å². The molecule has 0 aliphatic rings. The van der Waals surface area contributed by atoms with Gasteiger partial charge in [0, 0.05) is 5.02 Å². The molecular weight excluding hydrogens is 294 g/mol. The zero-order chi connectivity index (χ0) is 14.1. The molecular formula is C14H12ClN3OS. The number of hydrogen-bond donors (Lipinski definition) is 2. The standard InChI is InChI=1S/C14H12ClN3OS/c1-19-10-6-7-20-13(10)12-11(14(16)18-17-12)8-2-4-9(15)5-3-8/h2-7H,1H3,(H3,16,17,18). The fraction of sp³-hybridized carbons (Fsp3) is 0.0714. The minimum atomic E-state index is 0.456. The van der Waals surface area contributed by atoms with Crippen LogP contribution in [0, 0.1) is 0 Å². The molecule has 0 atom stereocenters. The summed E-state index contributed by atoms with van der Waals surface area (Å²) in [6.07, 6.45) is 0. The molecule has 0 bridgehead atoms. The zero-order valence-corrected chi connectivity index (χ0v) is 12.3. The maximum Gasteiger partial charge on any atom is 0.153 e. The number of rotatable bonds is 3. The summed E-state index contributed by atoms with van der Waals surface area (Å²) in [4.78, 5) is 0.974. The first-order valence-electron chi connectivity index (χ1n) is 5.92. The van der Waals surface area contributed by atoms with Crippen molar-refractivity contribution < 1.29 is 4.74 Å². The molecule has 102 valence electrons. The van der Waals surface area contributed by atoms with Crippen LogP contribution >= 0.6 is 22.9 Å². The number of nitrogens with two attached hydrogens (primary N) is 1. The first-order chi connectivity index (χ1) is 9.70. The maximum atomic E-state index is 6.00. The van der Waals surface area contributed by atoms with Gasteiger partial charge in [0.2, 0.25) is 0 Å². The molecule has 0 unspecified atom stereocenters. The summed E-state index contributed by atoms with van der Waals surface area (Å²) in [6, 6.07) is 9.43. The van der Waals surface area contributed by atoms with Crippen LogP contribution in [0.5, 0.6) is 5.75 Å². The Balaban J connectivity index is 2.17. The van der Waals surface area contributed by atoms with Gasteiger partial charge in [0.1, 0.15) is 5.75 Å². The number of methoxy groups -OCH3 is 1. The molecule has 0 radical (unpaired) electrons. The molecule has 20 heavy (non-hydrogen) atoms. The third kappa shape index (κ3) is 2.15. The molecule has 3 rings (SSSR count). The van der Waals surface area contributed by atoms with Crippen LogP contribution in [-0.2, 0) is 0 Å². The summed E-state index contributed by atoms with van der Waals surface area (Å²) in [6.45, 7) is 0. The van der Waals surface area contributed by atoms with E-state index in [9.17, 15) is 0 Å². The lowest BCUT2D eigenvalue weighted by molar-refractivity contribution is 0.418. The molecule has 6 heteroatoms. The summed E-state index contributed by atoms with van der Waals surface area (Å²) in [7, 11) is 1.65. The summed E-state index contributed by atoms with van der Waals surface area (Å²) < 4.78 is 5.36. The normalized spacial score (nSPS) is 10.7. The van der Waals surface area contributed by atoms with Crippen LogP contribution in [0.1, 0.15) is 0 Å². The van der Waals surface area contributed by atoms with E-state index in [1.807, 2.05) is 35.7 Å². The summed E-state index contributed by atoms with van der Waals surface area (Å²) >= 11 is 7.50. The predicted octanol–water partition coefficient (Wildman–Crippen LogP) is 4.05. The van der Waals surface area contributed by atoms with E-state index in [4.69, 9.17) is 22.1 Å². The highest BCUT2D eigenvalue weighted by atomic mass is 35.5. The number of nitrogens with zero attached hydrogens (tertiary/aromatic N) is 1. The first-order valence-corrected chi connectivity index (χ1v) is 7.18. The molecule has 0 aliphatic heterocycles. The van der Waals surface area contributed by atoms with Gasteiger partial charge in [0.25, 0.3) is 0 Å². The maximum absolute atomic E-state index is 6.00. The molecule has 0 aliphatic carbocycles. The fourth-order valence-corrected chi connectivity index (χ4v) is 3.06. The second kappa shape index (κ2) is 5.19. The van der Waals surface area contributed by atoms with E-state index >= 15 is 0 Å². The van der Waals surface area contributed by atoms with Crippen molar-refractivity contribution in [1.29, 1.82) is 0 Å². The number of nitrogens with one attached hydrogen (secondary N) is 1. The second-order valence-electron chi connectivity index (χ2n) is 4.18. The van der Waals surface area contributed by atoms with Crippen molar-refractivity contribution in [2.24, 2.45) is 0 Å². The molecule has 0 saturated carbocycles. The van der Waals surface area contributed by atoms with E-state index in [0.29, 0.717) is 10.8 Å². The minimum Gasteiger partial charge on any atom is -0.495 e. The van der Waals surface area contributed by atoms with Gasteiger partial charge >= 0.3 is 0 Å². The van der Waals surface area contributed by atoms with Crippen LogP contribution in [0.4, 0.5) is 5.82 Å². The average molecular weight is 306 g/mol. The number of halogens is 1. The van der Waals surface area contributed by atoms with Crippen LogP contribution in [-0.4, -0.2) is 17.3 Å². The van der Waals surface area contributed by atoms with E-state index in [1.54, 1.807) is 18.4 Å². The Morgan fingerprint density at radius 3 is 2.70 bits per heavy atom. The molecule has 3 N–H and O–H groups in total. The lowest BCUT2D eigenvalue weighted by Gasteiger charge is -2.05. The second-order valence-corrected chi connectivity index (χ2v) is 5.54. The molecule has 2 aromatic heterocycles. The third-order valence-electron chi connectivity index (χ3n) is 3.00. The molecule has 0 amide bonds. The van der Waals surface area contributed by atoms with Crippen LogP contribution in [0.2, 0.25) is 5.02 Å². The Kier molecular flexibility index (Phi) is 3.38. The Morgan fingerprint density at radius 1 is 1.25 bits per heavy atom. The van der Waals surface area contributed by atoms with Crippen molar-refractivity contribution in [3.63, 3.8) is 0 Å². The fourth-order valence-electron chi connectivity index (χ4n) is 2.07. The largest absolute Gasteiger partial charge is 0.495 e. The van der Waals surface area contributed by atoms with E-state index in [1.165, 1.54) is 0 Å². The third-order valence-corrected chi connectivity index (χ3v) is 4.17. The van der Waals surface area contributed by atoms with Gasteiger partial charge in [-0.15, -0.1) is 11.3 Å². The lowest BCUT2D eigenvalue weighted by atomic mass is 10.0. The molecule has 2 heterocycles. The number of aromatic nitrogens is 2. The predicted molar refractivity (Wildman–Crippen MR) is 83.3 cm³/mol. The lowest BCUT2D eigenvalue weighted by Crippen LogP contribution is -1.89. The highest BCUT2D eigenvalue weighted by Gasteiger charge is 2.18. The molecule has 3 aromatic rings. The minimum absolute atomic E-state index is 0.456. The monoisotopic (exact) mass is 305 g/mol. The van der Waals surface area contributed by atoms with E-state index < -0.39 is 0 Å². The van der Waals surface area contributed by atoms with Gasteiger partial charge < -0.3 is 10.5 Å². The van der Waals surface area contributed by atoms with E-state index in [0.717, 1.165) is 27.4 Å². The van der Waals surface area contributed by atoms with Crippen LogP contribution in [0.15, 0.2) is 35.7 Å². The van der Waals surface area contributed by atoms with Crippen molar-refractivity contribution in [3.05, 3.63) is 40.7 Å². The molecule has 1 aromatic carbocycles. The molecule has 0 saturated heterocycles. The summed E-state index contributed by atoms with van der Waals surface area (Å²) in [5, 5.41) is 9.76. The van der Waals surface area contributed by atoms with Gasteiger partial charge in [-0.3, -0.25) is 5.10 Å². The number of thiophene rings is 1. The van der Waals surface area contributed by atoms with Crippen LogP contribution < -0.4 is 10.5 Å². The number of H-pyrrole nitrogens is 1. The highest BCUT2D eigenvalue weighted by Crippen LogP contribution is 2.41. The van der Waals surface area contributed by atoms with Gasteiger partial charge in [-0.1, -0.05) is 23.7 Å². The van der Waals surface area contributed by atoms with Crippen molar-refractivity contribution in [2.75, 3.05) is 12.8 Å². The van der Waals surface area contributed by atoms with Crippen molar-refractivity contribution in [1.82, 2.24) is 10.2 Å². The number of aromatic amines is 1. The van der Waals surface area contributed by atoms with E-state index in [2.05, 4.69) is 10.2 Å². The summed E-state index contributed by atoms with van der Waals surface area (Å²) in [5.74, 6) is 1.26. The Bertz CT molecular complexity index is 733. The summed E-state index contributed by atoms with van der Waals surface area (Å²) in [5.41, 5.74) is 8.68. The molecule has 0 spiro atoms.